The molecular weight excluding hydrogens is 378 g/mol. The number of hydrogen-bond donors (Lipinski definition) is 1. The maximum Gasteiger partial charge on any atom is 0.349 e. The quantitative estimate of drug-likeness (QED) is 0.282. The number of methoxy groups -OCH3 is 2. The molecule has 0 radical (unpaired) electrons. The minimum absolute atomic E-state index is 0.116. The number of nitrogens with one attached hydrogen (secondary N) is 1. The van der Waals surface area contributed by atoms with E-state index in [1.54, 1.807) is 36.4 Å². The fourth-order valence-corrected chi connectivity index (χ4v) is 2.59. The van der Waals surface area contributed by atoms with Crippen molar-refractivity contribution < 1.29 is 28.2 Å². The molecule has 0 aliphatic rings. The molecule has 8 heteroatoms. The molecule has 150 valence electrons. The van der Waals surface area contributed by atoms with Gasteiger partial charge in [0.25, 0.3) is 5.91 Å². The SMILES string of the molecule is COCCNC(=O)c1cc2ccc(OC(=O)c3cccc(OC)c3)cc2oc1=O. The molecule has 0 saturated carbocycles. The lowest BCUT2D eigenvalue weighted by Gasteiger charge is -2.07. The maximum atomic E-state index is 12.3. The Labute approximate surface area is 166 Å². The molecular formula is C21H19NO7. The number of fused-ring (bicyclic) bond motifs is 1. The molecule has 1 heterocycles. The summed E-state index contributed by atoms with van der Waals surface area (Å²) in [5.74, 6) is -0.406. The van der Waals surface area contributed by atoms with Gasteiger partial charge >= 0.3 is 11.6 Å². The van der Waals surface area contributed by atoms with Crippen LogP contribution in [0.4, 0.5) is 0 Å². The fourth-order valence-electron chi connectivity index (χ4n) is 2.59. The Bertz CT molecular complexity index is 1100. The number of carbonyl (C=O) groups is 2. The van der Waals surface area contributed by atoms with E-state index in [1.165, 1.54) is 26.4 Å². The van der Waals surface area contributed by atoms with Crippen LogP contribution >= 0.6 is 0 Å². The van der Waals surface area contributed by atoms with E-state index in [1.807, 2.05) is 0 Å². The Balaban J connectivity index is 1.81. The zero-order valence-electron chi connectivity index (χ0n) is 15.9. The lowest BCUT2D eigenvalue weighted by molar-refractivity contribution is 0.0734. The Hall–Kier alpha value is -3.65. The highest BCUT2D eigenvalue weighted by Crippen LogP contribution is 2.22. The van der Waals surface area contributed by atoms with Crippen LogP contribution in [-0.4, -0.2) is 39.2 Å². The van der Waals surface area contributed by atoms with Gasteiger partial charge in [0.05, 0.1) is 19.3 Å². The minimum Gasteiger partial charge on any atom is -0.497 e. The molecule has 0 aliphatic heterocycles. The van der Waals surface area contributed by atoms with Crippen LogP contribution in [0.1, 0.15) is 20.7 Å². The second kappa shape index (κ2) is 9.03. The van der Waals surface area contributed by atoms with Gasteiger partial charge in [-0.05, 0) is 36.4 Å². The zero-order valence-corrected chi connectivity index (χ0v) is 15.9. The van der Waals surface area contributed by atoms with Gasteiger partial charge in [0.1, 0.15) is 22.6 Å². The van der Waals surface area contributed by atoms with Gasteiger partial charge in [0.2, 0.25) is 0 Å². The molecule has 1 N–H and O–H groups in total. The highest BCUT2D eigenvalue weighted by molar-refractivity contribution is 5.97. The summed E-state index contributed by atoms with van der Waals surface area (Å²) >= 11 is 0. The smallest absolute Gasteiger partial charge is 0.349 e. The average molecular weight is 397 g/mol. The van der Waals surface area contributed by atoms with E-state index in [2.05, 4.69) is 5.32 Å². The predicted molar refractivity (Wildman–Crippen MR) is 105 cm³/mol. The lowest BCUT2D eigenvalue weighted by atomic mass is 10.1. The van der Waals surface area contributed by atoms with Gasteiger partial charge in [-0.3, -0.25) is 4.79 Å². The van der Waals surface area contributed by atoms with E-state index in [-0.39, 0.29) is 23.4 Å². The van der Waals surface area contributed by atoms with E-state index in [4.69, 9.17) is 18.6 Å². The summed E-state index contributed by atoms with van der Waals surface area (Å²) in [6, 6.07) is 12.5. The molecule has 0 bridgehead atoms. The summed E-state index contributed by atoms with van der Waals surface area (Å²) in [7, 11) is 3.01. The highest BCUT2D eigenvalue weighted by Gasteiger charge is 2.15. The van der Waals surface area contributed by atoms with E-state index >= 15 is 0 Å². The number of rotatable bonds is 7. The third-order valence-corrected chi connectivity index (χ3v) is 4.06. The molecule has 0 atom stereocenters. The fraction of sp³-hybridized carbons (Fsp3) is 0.190. The molecule has 0 saturated heterocycles. The number of ether oxygens (including phenoxy) is 3. The molecule has 1 amide bonds. The van der Waals surface area contributed by atoms with Gasteiger partial charge in [-0.25, -0.2) is 9.59 Å². The summed E-state index contributed by atoms with van der Waals surface area (Å²) in [4.78, 5) is 36.6. The van der Waals surface area contributed by atoms with Gasteiger partial charge in [-0.2, -0.15) is 0 Å². The van der Waals surface area contributed by atoms with Gasteiger partial charge in [-0.15, -0.1) is 0 Å². The van der Waals surface area contributed by atoms with Crippen molar-refractivity contribution in [2.75, 3.05) is 27.4 Å². The number of benzene rings is 2. The first-order chi connectivity index (χ1) is 14.0. The largest absolute Gasteiger partial charge is 0.497 e. The highest BCUT2D eigenvalue weighted by atomic mass is 16.5. The number of amides is 1. The Morgan fingerprint density at radius 1 is 1.03 bits per heavy atom. The Morgan fingerprint density at radius 2 is 1.86 bits per heavy atom. The molecule has 3 rings (SSSR count). The molecule has 0 fully saturated rings. The molecule has 2 aromatic carbocycles. The molecule has 29 heavy (non-hydrogen) atoms. The van der Waals surface area contributed by atoms with E-state index in [0.717, 1.165) is 0 Å². The van der Waals surface area contributed by atoms with Crippen LogP contribution in [0.3, 0.4) is 0 Å². The van der Waals surface area contributed by atoms with Crippen molar-refractivity contribution in [1.29, 1.82) is 0 Å². The second-order valence-electron chi connectivity index (χ2n) is 6.02. The van der Waals surface area contributed by atoms with Crippen LogP contribution < -0.4 is 20.4 Å². The zero-order chi connectivity index (χ0) is 20.8. The van der Waals surface area contributed by atoms with Crippen molar-refractivity contribution >= 4 is 22.8 Å². The monoisotopic (exact) mass is 397 g/mol. The lowest BCUT2D eigenvalue weighted by Crippen LogP contribution is -2.30. The van der Waals surface area contributed by atoms with Crippen molar-refractivity contribution in [3.63, 3.8) is 0 Å². The van der Waals surface area contributed by atoms with Crippen molar-refractivity contribution in [3.05, 3.63) is 70.1 Å². The van der Waals surface area contributed by atoms with Crippen LogP contribution in [0.25, 0.3) is 11.0 Å². The second-order valence-corrected chi connectivity index (χ2v) is 6.02. The van der Waals surface area contributed by atoms with Gasteiger partial charge < -0.3 is 23.9 Å². The van der Waals surface area contributed by atoms with Gasteiger partial charge in [-0.1, -0.05) is 6.07 Å². The molecule has 1 aromatic heterocycles. The summed E-state index contributed by atoms with van der Waals surface area (Å²) in [5.41, 5.74) is -0.397. The van der Waals surface area contributed by atoms with Gasteiger partial charge in [0, 0.05) is 25.1 Å². The van der Waals surface area contributed by atoms with Crippen molar-refractivity contribution in [3.8, 4) is 11.5 Å². The normalized spacial score (nSPS) is 10.6. The summed E-state index contributed by atoms with van der Waals surface area (Å²) in [5, 5.41) is 3.08. The molecule has 3 aromatic rings. The average Bonchev–Trinajstić information content (AvgIpc) is 2.73. The summed E-state index contributed by atoms with van der Waals surface area (Å²) in [6.45, 7) is 0.596. The van der Waals surface area contributed by atoms with Crippen LogP contribution in [0, 0.1) is 0 Å². The summed E-state index contributed by atoms with van der Waals surface area (Å²) in [6.07, 6.45) is 0. The first-order valence-electron chi connectivity index (χ1n) is 8.73. The van der Waals surface area contributed by atoms with Crippen LogP contribution in [0.5, 0.6) is 11.5 Å². The molecule has 0 unspecified atom stereocenters. The first-order valence-corrected chi connectivity index (χ1v) is 8.73. The Kier molecular flexibility index (Phi) is 6.25. The third-order valence-electron chi connectivity index (χ3n) is 4.06. The molecule has 8 nitrogen and oxygen atoms in total. The topological polar surface area (TPSA) is 104 Å². The molecule has 0 aliphatic carbocycles. The number of hydrogen-bond acceptors (Lipinski definition) is 7. The Morgan fingerprint density at radius 3 is 2.62 bits per heavy atom. The van der Waals surface area contributed by atoms with E-state index in [0.29, 0.717) is 23.3 Å². The summed E-state index contributed by atoms with van der Waals surface area (Å²) < 4.78 is 20.5. The van der Waals surface area contributed by atoms with Crippen molar-refractivity contribution in [2.24, 2.45) is 0 Å². The third kappa shape index (κ3) is 4.80. The predicted octanol–water partition coefficient (Wildman–Crippen LogP) is 2.40. The van der Waals surface area contributed by atoms with Crippen LogP contribution in [0.15, 0.2) is 57.7 Å². The van der Waals surface area contributed by atoms with E-state index in [9.17, 15) is 14.4 Å². The van der Waals surface area contributed by atoms with Crippen molar-refractivity contribution in [2.45, 2.75) is 0 Å². The first kappa shape index (κ1) is 20.1. The minimum atomic E-state index is -0.788. The van der Waals surface area contributed by atoms with Crippen LogP contribution in [-0.2, 0) is 4.74 Å². The number of esters is 1. The molecule has 0 spiro atoms. The van der Waals surface area contributed by atoms with Crippen molar-refractivity contribution in [1.82, 2.24) is 5.32 Å². The van der Waals surface area contributed by atoms with Gasteiger partial charge in [0.15, 0.2) is 0 Å². The number of carbonyl (C=O) groups excluding carboxylic acids is 2. The maximum absolute atomic E-state index is 12.3. The van der Waals surface area contributed by atoms with Crippen LogP contribution in [0.2, 0.25) is 0 Å². The standard InChI is InChI=1S/C21H19NO7/c1-26-9-8-22-19(23)17-11-13-6-7-16(12-18(13)29-21(17)25)28-20(24)14-4-3-5-15(10-14)27-2/h3-7,10-12H,8-9H2,1-2H3,(H,22,23). The van der Waals surface area contributed by atoms with E-state index < -0.39 is 17.5 Å².